The second-order valence-electron chi connectivity index (χ2n) is 12.6. The van der Waals surface area contributed by atoms with Crippen molar-refractivity contribution in [3.8, 4) is 24.0 Å². The molecule has 3 aromatic carbocycles. The maximum atomic E-state index is 15.2. The van der Waals surface area contributed by atoms with E-state index in [4.69, 9.17) is 9.47 Å². The molecule has 0 fully saturated rings. The predicted molar refractivity (Wildman–Crippen MR) is 209 cm³/mol. The first-order valence-corrected chi connectivity index (χ1v) is 18.6. The molecule has 55 heavy (non-hydrogen) atoms. The molecule has 1 unspecified atom stereocenters. The van der Waals surface area contributed by atoms with Gasteiger partial charge in [0.2, 0.25) is 0 Å². The lowest BCUT2D eigenvalue weighted by molar-refractivity contribution is -0.249. The Kier molecular flexibility index (Phi) is 13.7. The standard InChI is InChI=1S/C44H39F3N4O3S/c1-2-3-24-51(25-10-11-26-52)36-18-16-33(41(27-36)53-31-32-12-6-4-7-13-32)17-19-37-20-21-38(55-37)22-23-40-39(30-50)42(34(28-48)29-49)54-43(40,44(45,46)47)35-14-8-5-9-15-35/h4-9,12-23,27,52H,2-3,10-11,24-26,31H2,1H3/b19-17+,23-22+. The molecular weight excluding hydrogens is 722 g/mol. The number of nitriles is 3. The Hall–Kier alpha value is -6.06. The van der Waals surface area contributed by atoms with Gasteiger partial charge in [-0.15, -0.1) is 11.3 Å². The monoisotopic (exact) mass is 760 g/mol. The van der Waals surface area contributed by atoms with E-state index in [1.807, 2.05) is 60.7 Å². The van der Waals surface area contributed by atoms with E-state index in [1.54, 1.807) is 30.3 Å². The van der Waals surface area contributed by atoms with Gasteiger partial charge in [0.1, 0.15) is 36.1 Å². The minimum absolute atomic E-state index is 0.149. The molecule has 0 radical (unpaired) electrons. The third kappa shape index (κ3) is 9.37. The molecule has 280 valence electrons. The average molecular weight is 761 g/mol. The molecule has 1 aromatic heterocycles. The van der Waals surface area contributed by atoms with Crippen LogP contribution in [-0.2, 0) is 16.9 Å². The van der Waals surface area contributed by atoms with E-state index in [1.165, 1.54) is 47.8 Å². The molecule has 1 N–H and O–H groups in total. The normalized spacial score (nSPS) is 15.5. The van der Waals surface area contributed by atoms with E-state index in [-0.39, 0.29) is 12.2 Å². The highest BCUT2D eigenvalue weighted by atomic mass is 32.1. The number of halogens is 3. The molecule has 7 nitrogen and oxygen atoms in total. The number of anilines is 1. The smallest absolute Gasteiger partial charge is 0.437 e. The zero-order valence-electron chi connectivity index (χ0n) is 30.2. The molecule has 0 amide bonds. The fourth-order valence-corrected chi connectivity index (χ4v) is 6.99. The summed E-state index contributed by atoms with van der Waals surface area (Å²) in [5.41, 5.74) is -2.35. The first-order chi connectivity index (χ1) is 26.7. The average Bonchev–Trinajstić information content (AvgIpc) is 3.80. The molecule has 1 aliphatic heterocycles. The van der Waals surface area contributed by atoms with Crippen LogP contribution in [-0.4, -0.2) is 31.0 Å². The topological polar surface area (TPSA) is 113 Å². The van der Waals surface area contributed by atoms with Gasteiger partial charge in [0, 0.05) is 57.9 Å². The summed E-state index contributed by atoms with van der Waals surface area (Å²) in [5, 5.41) is 38.4. The van der Waals surface area contributed by atoms with Gasteiger partial charge in [-0.2, -0.15) is 29.0 Å². The minimum Gasteiger partial charge on any atom is -0.488 e. The van der Waals surface area contributed by atoms with Crippen molar-refractivity contribution in [3.63, 3.8) is 0 Å². The van der Waals surface area contributed by atoms with Gasteiger partial charge in [-0.25, -0.2) is 0 Å². The van der Waals surface area contributed by atoms with Crippen molar-refractivity contribution in [2.75, 3.05) is 24.6 Å². The number of benzene rings is 3. The quantitative estimate of drug-likeness (QED) is 0.0893. The zero-order chi connectivity index (χ0) is 39.3. The third-order valence-electron chi connectivity index (χ3n) is 8.98. The number of aliphatic hydroxyl groups excluding tert-OH is 1. The van der Waals surface area contributed by atoms with Gasteiger partial charge in [0.25, 0.3) is 5.60 Å². The fraction of sp³-hybridized carbons (Fsp3) is 0.250. The van der Waals surface area contributed by atoms with Crippen LogP contribution in [0.3, 0.4) is 0 Å². The van der Waals surface area contributed by atoms with E-state index in [2.05, 4.69) is 17.9 Å². The van der Waals surface area contributed by atoms with Crippen molar-refractivity contribution in [3.05, 3.63) is 146 Å². The van der Waals surface area contributed by atoms with Crippen molar-refractivity contribution in [1.29, 1.82) is 15.8 Å². The molecule has 5 rings (SSSR count). The number of unbranched alkanes of at least 4 members (excludes halogenated alkanes) is 2. The van der Waals surface area contributed by atoms with Gasteiger partial charge in [-0.05, 0) is 67.3 Å². The Bertz CT molecular complexity index is 2170. The molecular formula is C44H39F3N4O3S. The Morgan fingerprint density at radius 3 is 2.13 bits per heavy atom. The zero-order valence-corrected chi connectivity index (χ0v) is 31.0. The molecule has 0 saturated heterocycles. The van der Waals surface area contributed by atoms with Gasteiger partial charge in [-0.3, -0.25) is 0 Å². The van der Waals surface area contributed by atoms with Crippen molar-refractivity contribution >= 4 is 35.3 Å². The number of nitrogens with zero attached hydrogens (tertiary/aromatic N) is 4. The van der Waals surface area contributed by atoms with Gasteiger partial charge < -0.3 is 19.5 Å². The molecule has 4 aromatic rings. The van der Waals surface area contributed by atoms with E-state index < -0.39 is 34.3 Å². The number of hydrogen-bond donors (Lipinski definition) is 1. The van der Waals surface area contributed by atoms with Gasteiger partial charge >= 0.3 is 6.18 Å². The Balaban J connectivity index is 1.48. The number of aliphatic hydroxyl groups is 1. The molecule has 0 spiro atoms. The number of rotatable bonds is 16. The van der Waals surface area contributed by atoms with Gasteiger partial charge in [0.05, 0.1) is 0 Å². The molecule has 2 heterocycles. The molecule has 0 aliphatic carbocycles. The molecule has 0 bridgehead atoms. The lowest BCUT2D eigenvalue weighted by Gasteiger charge is -2.33. The number of allylic oxidation sites excluding steroid dienone is 2. The highest BCUT2D eigenvalue weighted by molar-refractivity contribution is 7.13. The van der Waals surface area contributed by atoms with Crippen LogP contribution in [0.2, 0.25) is 0 Å². The third-order valence-corrected chi connectivity index (χ3v) is 9.99. The predicted octanol–water partition coefficient (Wildman–Crippen LogP) is 10.5. The first kappa shape index (κ1) is 40.1. The second-order valence-corrected chi connectivity index (χ2v) is 13.8. The number of alkyl halides is 3. The van der Waals surface area contributed by atoms with Gasteiger partial charge in [0.15, 0.2) is 11.3 Å². The summed E-state index contributed by atoms with van der Waals surface area (Å²) in [6, 6.07) is 31.3. The Morgan fingerprint density at radius 1 is 0.855 bits per heavy atom. The lowest BCUT2D eigenvalue weighted by Crippen LogP contribution is -2.43. The fourth-order valence-electron chi connectivity index (χ4n) is 6.17. The number of hydrogen-bond acceptors (Lipinski definition) is 8. The molecule has 1 aliphatic rings. The van der Waals surface area contributed by atoms with Crippen LogP contribution in [0.1, 0.15) is 59.1 Å². The van der Waals surface area contributed by atoms with Gasteiger partial charge in [-0.1, -0.05) is 80.1 Å². The highest BCUT2D eigenvalue weighted by Gasteiger charge is 2.65. The van der Waals surface area contributed by atoms with Crippen molar-refractivity contribution in [1.82, 2.24) is 0 Å². The SMILES string of the molecule is CCCCN(CCCCO)c1ccc(/C=C/c2ccc(/C=C/C3=C(C#N)C(=C(C#N)C#N)OC3(c3ccccc3)C(F)(F)F)s2)c(OCc2ccccc2)c1. The molecule has 0 saturated carbocycles. The molecule has 11 heteroatoms. The summed E-state index contributed by atoms with van der Waals surface area (Å²) in [7, 11) is 0. The second kappa shape index (κ2) is 18.8. The van der Waals surface area contributed by atoms with Crippen LogP contribution in [0.4, 0.5) is 18.9 Å². The summed E-state index contributed by atoms with van der Waals surface area (Å²) in [4.78, 5) is 3.72. The Morgan fingerprint density at radius 2 is 1.51 bits per heavy atom. The maximum Gasteiger partial charge on any atom is 0.437 e. The summed E-state index contributed by atoms with van der Waals surface area (Å²) in [6.07, 6.45) is 5.07. The highest BCUT2D eigenvalue weighted by Crippen LogP contribution is 2.56. The Labute approximate surface area is 323 Å². The van der Waals surface area contributed by atoms with Crippen molar-refractivity contribution in [2.45, 2.75) is 51.0 Å². The van der Waals surface area contributed by atoms with E-state index in [9.17, 15) is 20.9 Å². The first-order valence-electron chi connectivity index (χ1n) is 17.8. The number of thiophene rings is 1. The molecule has 1 atom stereocenters. The van der Waals surface area contributed by atoms with E-state index in [0.717, 1.165) is 60.5 Å². The maximum absolute atomic E-state index is 15.2. The summed E-state index contributed by atoms with van der Waals surface area (Å²) < 4.78 is 57.3. The van der Waals surface area contributed by atoms with E-state index in [0.29, 0.717) is 17.2 Å². The van der Waals surface area contributed by atoms with Crippen LogP contribution in [0, 0.1) is 34.0 Å². The summed E-state index contributed by atoms with van der Waals surface area (Å²) >= 11 is 1.32. The van der Waals surface area contributed by atoms with Crippen LogP contribution in [0.15, 0.2) is 120 Å². The van der Waals surface area contributed by atoms with Crippen molar-refractivity contribution in [2.24, 2.45) is 0 Å². The largest absolute Gasteiger partial charge is 0.488 e. The van der Waals surface area contributed by atoms with Crippen LogP contribution in [0.5, 0.6) is 5.75 Å². The summed E-state index contributed by atoms with van der Waals surface area (Å²) in [5.74, 6) is -0.0180. The summed E-state index contributed by atoms with van der Waals surface area (Å²) in [6.45, 7) is 4.36. The number of ether oxygens (including phenoxy) is 2. The van der Waals surface area contributed by atoms with Crippen LogP contribution < -0.4 is 9.64 Å². The van der Waals surface area contributed by atoms with E-state index >= 15 is 13.2 Å². The minimum atomic E-state index is -5.07. The van der Waals surface area contributed by atoms with Crippen molar-refractivity contribution < 1.29 is 27.8 Å². The van der Waals surface area contributed by atoms with Crippen LogP contribution >= 0.6 is 11.3 Å². The lowest BCUT2D eigenvalue weighted by atomic mass is 9.84. The van der Waals surface area contributed by atoms with Crippen LogP contribution in [0.25, 0.3) is 18.2 Å².